The molecule has 0 unspecified atom stereocenters. The summed E-state index contributed by atoms with van der Waals surface area (Å²) in [5.74, 6) is 1.53. The standard InChI is InChI=1S/C17H15N5O4S/c23-27(24,13-3-4-14-15(8-13)26-11-25-14)22-17-6-5-16(20-21-17)19-10-12-2-1-7-18-9-12/h1-9H,10-11H2,(H,19,20)(H,21,22). The summed E-state index contributed by atoms with van der Waals surface area (Å²) in [6.07, 6.45) is 3.44. The molecule has 27 heavy (non-hydrogen) atoms. The van der Waals surface area contributed by atoms with Gasteiger partial charge in [0.25, 0.3) is 10.0 Å². The minimum Gasteiger partial charge on any atom is -0.454 e. The summed E-state index contributed by atoms with van der Waals surface area (Å²) < 4.78 is 37.8. The molecule has 3 heterocycles. The van der Waals surface area contributed by atoms with E-state index in [-0.39, 0.29) is 17.5 Å². The van der Waals surface area contributed by atoms with E-state index in [0.29, 0.717) is 23.9 Å². The van der Waals surface area contributed by atoms with Gasteiger partial charge < -0.3 is 14.8 Å². The maximum atomic E-state index is 12.5. The summed E-state index contributed by atoms with van der Waals surface area (Å²) >= 11 is 0. The van der Waals surface area contributed by atoms with E-state index in [0.717, 1.165) is 5.56 Å². The molecule has 10 heteroatoms. The molecule has 1 aliphatic rings. The first kappa shape index (κ1) is 17.0. The second-order valence-corrected chi connectivity index (χ2v) is 7.32. The molecule has 0 amide bonds. The summed E-state index contributed by atoms with van der Waals surface area (Å²) in [5, 5.41) is 11.0. The van der Waals surface area contributed by atoms with Gasteiger partial charge in [0.15, 0.2) is 17.3 Å². The third kappa shape index (κ3) is 3.90. The number of hydrogen-bond acceptors (Lipinski definition) is 8. The van der Waals surface area contributed by atoms with E-state index in [1.165, 1.54) is 18.2 Å². The highest BCUT2D eigenvalue weighted by atomic mass is 32.2. The summed E-state index contributed by atoms with van der Waals surface area (Å²) in [7, 11) is -3.82. The Labute approximate surface area is 155 Å². The van der Waals surface area contributed by atoms with Crippen molar-refractivity contribution in [3.63, 3.8) is 0 Å². The van der Waals surface area contributed by atoms with Crippen LogP contribution in [0, 0.1) is 0 Å². The molecule has 4 rings (SSSR count). The van der Waals surface area contributed by atoms with Gasteiger partial charge in [-0.05, 0) is 35.9 Å². The van der Waals surface area contributed by atoms with Crippen molar-refractivity contribution in [1.29, 1.82) is 0 Å². The Kier molecular flexibility index (Phi) is 4.47. The number of ether oxygens (including phenoxy) is 2. The predicted octanol–water partition coefficient (Wildman–Crippen LogP) is 2.01. The van der Waals surface area contributed by atoms with Gasteiger partial charge in [-0.1, -0.05) is 6.07 Å². The second-order valence-electron chi connectivity index (χ2n) is 5.64. The molecule has 3 aromatic rings. The zero-order chi connectivity index (χ0) is 18.7. The molecule has 9 nitrogen and oxygen atoms in total. The average Bonchev–Trinajstić information content (AvgIpc) is 3.16. The molecule has 0 radical (unpaired) electrons. The minimum atomic E-state index is -3.82. The highest BCUT2D eigenvalue weighted by molar-refractivity contribution is 7.92. The first-order chi connectivity index (χ1) is 13.1. The van der Waals surface area contributed by atoms with Gasteiger partial charge in [-0.25, -0.2) is 8.42 Å². The van der Waals surface area contributed by atoms with E-state index in [9.17, 15) is 8.42 Å². The third-order valence-corrected chi connectivity index (χ3v) is 5.11. The Morgan fingerprint density at radius 1 is 1.00 bits per heavy atom. The number of nitrogens with zero attached hydrogens (tertiary/aromatic N) is 3. The highest BCUT2D eigenvalue weighted by Crippen LogP contribution is 2.34. The number of fused-ring (bicyclic) bond motifs is 1. The van der Waals surface area contributed by atoms with Crippen LogP contribution in [0.3, 0.4) is 0 Å². The summed E-state index contributed by atoms with van der Waals surface area (Å²) in [6.45, 7) is 0.607. The van der Waals surface area contributed by atoms with E-state index >= 15 is 0 Å². The van der Waals surface area contributed by atoms with E-state index in [1.807, 2.05) is 12.1 Å². The number of anilines is 2. The lowest BCUT2D eigenvalue weighted by molar-refractivity contribution is 0.174. The molecule has 0 spiro atoms. The van der Waals surface area contributed by atoms with E-state index in [1.54, 1.807) is 24.5 Å². The molecule has 0 atom stereocenters. The molecule has 0 fully saturated rings. The molecular formula is C17H15N5O4S. The van der Waals surface area contributed by atoms with E-state index in [2.05, 4.69) is 25.2 Å². The Morgan fingerprint density at radius 2 is 1.81 bits per heavy atom. The topological polar surface area (TPSA) is 115 Å². The first-order valence-corrected chi connectivity index (χ1v) is 9.47. The van der Waals surface area contributed by atoms with Crippen molar-refractivity contribution < 1.29 is 17.9 Å². The minimum absolute atomic E-state index is 0.0485. The molecule has 0 aliphatic carbocycles. The Hall–Kier alpha value is -3.40. The summed E-state index contributed by atoms with van der Waals surface area (Å²) in [6, 6.07) is 11.3. The molecule has 0 saturated heterocycles. The number of benzene rings is 1. The van der Waals surface area contributed by atoms with Crippen LogP contribution in [0.2, 0.25) is 0 Å². The molecule has 1 aromatic carbocycles. The lowest BCUT2D eigenvalue weighted by Gasteiger charge is -2.09. The van der Waals surface area contributed by atoms with Crippen LogP contribution in [-0.4, -0.2) is 30.4 Å². The van der Waals surface area contributed by atoms with Gasteiger partial charge in [0.1, 0.15) is 5.82 Å². The quantitative estimate of drug-likeness (QED) is 0.662. The monoisotopic (exact) mass is 385 g/mol. The smallest absolute Gasteiger partial charge is 0.263 e. The summed E-state index contributed by atoms with van der Waals surface area (Å²) in [4.78, 5) is 4.08. The van der Waals surface area contributed by atoms with Crippen molar-refractivity contribution in [1.82, 2.24) is 15.2 Å². The largest absolute Gasteiger partial charge is 0.454 e. The molecule has 138 valence electrons. The number of aromatic nitrogens is 3. The highest BCUT2D eigenvalue weighted by Gasteiger charge is 2.20. The van der Waals surface area contributed by atoms with Gasteiger partial charge in [-0.3, -0.25) is 9.71 Å². The van der Waals surface area contributed by atoms with Crippen LogP contribution in [0.15, 0.2) is 59.8 Å². The fourth-order valence-corrected chi connectivity index (χ4v) is 3.43. The number of hydrogen-bond donors (Lipinski definition) is 2. The molecule has 2 aromatic heterocycles. The van der Waals surface area contributed by atoms with Crippen molar-refractivity contribution in [3.8, 4) is 11.5 Å². The van der Waals surface area contributed by atoms with Crippen LogP contribution in [0.1, 0.15) is 5.56 Å². The van der Waals surface area contributed by atoms with Crippen molar-refractivity contribution in [2.24, 2.45) is 0 Å². The lowest BCUT2D eigenvalue weighted by Crippen LogP contribution is -2.14. The number of rotatable bonds is 6. The normalized spacial score (nSPS) is 12.6. The van der Waals surface area contributed by atoms with Crippen LogP contribution < -0.4 is 19.5 Å². The first-order valence-electron chi connectivity index (χ1n) is 7.99. The maximum absolute atomic E-state index is 12.5. The zero-order valence-corrected chi connectivity index (χ0v) is 14.8. The van der Waals surface area contributed by atoms with Crippen molar-refractivity contribution in [2.45, 2.75) is 11.4 Å². The van der Waals surface area contributed by atoms with Gasteiger partial charge in [0.2, 0.25) is 6.79 Å². The van der Waals surface area contributed by atoms with Crippen molar-refractivity contribution in [3.05, 3.63) is 60.4 Å². The van der Waals surface area contributed by atoms with Gasteiger partial charge in [-0.15, -0.1) is 10.2 Å². The molecule has 0 bridgehead atoms. The number of pyridine rings is 1. The van der Waals surface area contributed by atoms with Crippen LogP contribution in [0.5, 0.6) is 11.5 Å². The maximum Gasteiger partial charge on any atom is 0.263 e. The Balaban J connectivity index is 1.43. The molecule has 1 aliphatic heterocycles. The van der Waals surface area contributed by atoms with E-state index < -0.39 is 10.0 Å². The fourth-order valence-electron chi connectivity index (χ4n) is 2.42. The fraction of sp³-hybridized carbons (Fsp3) is 0.118. The predicted molar refractivity (Wildman–Crippen MR) is 97.0 cm³/mol. The molecule has 2 N–H and O–H groups in total. The summed E-state index contributed by atoms with van der Waals surface area (Å²) in [5.41, 5.74) is 0.992. The van der Waals surface area contributed by atoms with Crippen molar-refractivity contribution >= 4 is 21.7 Å². The van der Waals surface area contributed by atoms with Gasteiger partial charge in [0, 0.05) is 25.0 Å². The Bertz CT molecular complexity index is 1040. The third-order valence-electron chi connectivity index (χ3n) is 3.75. The number of nitrogens with one attached hydrogen (secondary N) is 2. The second kappa shape index (κ2) is 7.08. The zero-order valence-electron chi connectivity index (χ0n) is 14.0. The lowest BCUT2D eigenvalue weighted by atomic mass is 10.3. The van der Waals surface area contributed by atoms with Gasteiger partial charge in [0.05, 0.1) is 4.90 Å². The van der Waals surface area contributed by atoms with Crippen LogP contribution >= 0.6 is 0 Å². The number of sulfonamides is 1. The van der Waals surface area contributed by atoms with Crippen molar-refractivity contribution in [2.75, 3.05) is 16.8 Å². The van der Waals surface area contributed by atoms with Gasteiger partial charge in [-0.2, -0.15) is 0 Å². The Morgan fingerprint density at radius 3 is 2.59 bits per heavy atom. The molecule has 0 saturated carbocycles. The SMILES string of the molecule is O=S(=O)(Nc1ccc(NCc2cccnc2)nn1)c1ccc2c(c1)OCO2. The van der Waals surface area contributed by atoms with E-state index in [4.69, 9.17) is 9.47 Å². The van der Waals surface area contributed by atoms with Crippen LogP contribution in [-0.2, 0) is 16.6 Å². The van der Waals surface area contributed by atoms with Crippen LogP contribution in [0.25, 0.3) is 0 Å². The van der Waals surface area contributed by atoms with Gasteiger partial charge >= 0.3 is 0 Å². The van der Waals surface area contributed by atoms with Crippen LogP contribution in [0.4, 0.5) is 11.6 Å². The average molecular weight is 385 g/mol. The molecular weight excluding hydrogens is 370 g/mol.